The van der Waals surface area contributed by atoms with Gasteiger partial charge >= 0.3 is 0 Å². The topological polar surface area (TPSA) is 15.8 Å². The van der Waals surface area contributed by atoms with E-state index >= 15 is 0 Å². The lowest BCUT2D eigenvalue weighted by Gasteiger charge is -2.29. The third kappa shape index (κ3) is 3.65. The standard InChI is InChI=1S/C19H29N/c1-4-6-9-13-19(3,12-5-2)14-16-15-20-18-11-8-7-10-17(16)18/h7-8,10-11,15,20H,4-6,9,12-14H2,1-3H3. The summed E-state index contributed by atoms with van der Waals surface area (Å²) in [6.45, 7) is 7.08. The molecule has 1 nitrogen and oxygen atoms in total. The summed E-state index contributed by atoms with van der Waals surface area (Å²) in [4.78, 5) is 3.42. The van der Waals surface area contributed by atoms with Crippen LogP contribution in [0.25, 0.3) is 10.9 Å². The summed E-state index contributed by atoms with van der Waals surface area (Å²) >= 11 is 0. The van der Waals surface area contributed by atoms with Crippen LogP contribution >= 0.6 is 0 Å². The fourth-order valence-electron chi connectivity index (χ4n) is 3.44. The molecule has 0 radical (unpaired) electrons. The summed E-state index contributed by atoms with van der Waals surface area (Å²) < 4.78 is 0. The number of nitrogens with one attached hydrogen (secondary N) is 1. The lowest BCUT2D eigenvalue weighted by Crippen LogP contribution is -2.19. The van der Waals surface area contributed by atoms with Crippen LogP contribution in [0.5, 0.6) is 0 Å². The molecule has 1 aromatic heterocycles. The Kier molecular flexibility index (Phi) is 5.28. The Morgan fingerprint density at radius 1 is 1.00 bits per heavy atom. The number of hydrogen-bond acceptors (Lipinski definition) is 0. The number of para-hydroxylation sites is 1. The molecule has 0 aliphatic rings. The smallest absolute Gasteiger partial charge is 0.0456 e. The highest BCUT2D eigenvalue weighted by Crippen LogP contribution is 2.36. The van der Waals surface area contributed by atoms with Crippen LogP contribution in [-0.2, 0) is 6.42 Å². The summed E-state index contributed by atoms with van der Waals surface area (Å²) in [6.07, 6.45) is 11.4. The van der Waals surface area contributed by atoms with Crippen LogP contribution in [0.2, 0.25) is 0 Å². The van der Waals surface area contributed by atoms with E-state index in [0.29, 0.717) is 5.41 Å². The third-order valence-electron chi connectivity index (χ3n) is 4.53. The molecule has 1 heteroatoms. The van der Waals surface area contributed by atoms with Crippen molar-refractivity contribution in [3.63, 3.8) is 0 Å². The zero-order chi connectivity index (χ0) is 14.4. The van der Waals surface area contributed by atoms with Gasteiger partial charge in [-0.2, -0.15) is 0 Å². The molecule has 1 N–H and O–H groups in total. The molecule has 0 amide bonds. The van der Waals surface area contributed by atoms with Crippen LogP contribution in [0.4, 0.5) is 0 Å². The van der Waals surface area contributed by atoms with E-state index in [2.05, 4.69) is 56.2 Å². The van der Waals surface area contributed by atoms with Gasteiger partial charge in [-0.15, -0.1) is 0 Å². The SMILES string of the molecule is CCCCCC(C)(CCC)Cc1c[nH]c2ccccc12. The molecule has 1 aromatic carbocycles. The van der Waals surface area contributed by atoms with E-state index in [9.17, 15) is 0 Å². The monoisotopic (exact) mass is 271 g/mol. The summed E-state index contributed by atoms with van der Waals surface area (Å²) in [7, 11) is 0. The molecule has 20 heavy (non-hydrogen) atoms. The number of benzene rings is 1. The van der Waals surface area contributed by atoms with Crippen LogP contribution in [0.3, 0.4) is 0 Å². The Morgan fingerprint density at radius 2 is 1.80 bits per heavy atom. The number of fused-ring (bicyclic) bond motifs is 1. The van der Waals surface area contributed by atoms with Gasteiger partial charge in [0.1, 0.15) is 0 Å². The lowest BCUT2D eigenvalue weighted by atomic mass is 9.76. The molecule has 1 unspecified atom stereocenters. The van der Waals surface area contributed by atoms with Crippen molar-refractivity contribution >= 4 is 10.9 Å². The zero-order valence-electron chi connectivity index (χ0n) is 13.3. The predicted molar refractivity (Wildman–Crippen MR) is 89.2 cm³/mol. The zero-order valence-corrected chi connectivity index (χ0v) is 13.3. The Balaban J connectivity index is 2.14. The summed E-state index contributed by atoms with van der Waals surface area (Å²) in [5, 5.41) is 1.41. The number of aromatic amines is 1. The van der Waals surface area contributed by atoms with Crippen LogP contribution in [-0.4, -0.2) is 4.98 Å². The second-order valence-electron chi connectivity index (χ2n) is 6.55. The molecular weight excluding hydrogens is 242 g/mol. The average Bonchev–Trinajstić information content (AvgIpc) is 2.83. The second-order valence-corrected chi connectivity index (χ2v) is 6.55. The van der Waals surface area contributed by atoms with Gasteiger partial charge in [0.05, 0.1) is 0 Å². The highest BCUT2D eigenvalue weighted by atomic mass is 14.7. The molecular formula is C19H29N. The molecule has 1 atom stereocenters. The molecule has 0 saturated heterocycles. The van der Waals surface area contributed by atoms with Gasteiger partial charge in [-0.3, -0.25) is 0 Å². The van der Waals surface area contributed by atoms with E-state index in [4.69, 9.17) is 0 Å². The Morgan fingerprint density at radius 3 is 2.55 bits per heavy atom. The van der Waals surface area contributed by atoms with Crippen molar-refractivity contribution in [3.8, 4) is 0 Å². The van der Waals surface area contributed by atoms with E-state index in [1.165, 1.54) is 61.4 Å². The van der Waals surface area contributed by atoms with E-state index < -0.39 is 0 Å². The molecule has 0 aliphatic heterocycles. The van der Waals surface area contributed by atoms with Crippen molar-refractivity contribution in [1.29, 1.82) is 0 Å². The van der Waals surface area contributed by atoms with Crippen LogP contribution in [0.1, 0.15) is 64.9 Å². The minimum absolute atomic E-state index is 0.453. The summed E-state index contributed by atoms with van der Waals surface area (Å²) in [5.41, 5.74) is 3.22. The highest BCUT2D eigenvalue weighted by molar-refractivity contribution is 5.83. The van der Waals surface area contributed by atoms with E-state index in [1.807, 2.05) is 0 Å². The van der Waals surface area contributed by atoms with Crippen LogP contribution in [0, 0.1) is 5.41 Å². The van der Waals surface area contributed by atoms with Crippen LogP contribution < -0.4 is 0 Å². The first kappa shape index (κ1) is 15.2. The minimum atomic E-state index is 0.453. The number of unbranched alkanes of at least 4 members (excludes halogenated alkanes) is 2. The third-order valence-corrected chi connectivity index (χ3v) is 4.53. The van der Waals surface area contributed by atoms with Gasteiger partial charge in [0.25, 0.3) is 0 Å². The largest absolute Gasteiger partial charge is 0.361 e. The maximum atomic E-state index is 3.42. The normalized spacial score (nSPS) is 14.6. The van der Waals surface area contributed by atoms with Crippen molar-refractivity contribution in [2.24, 2.45) is 5.41 Å². The van der Waals surface area contributed by atoms with Gasteiger partial charge in [0.2, 0.25) is 0 Å². The van der Waals surface area contributed by atoms with Gasteiger partial charge in [0, 0.05) is 17.1 Å². The molecule has 0 fully saturated rings. The van der Waals surface area contributed by atoms with Crippen molar-refractivity contribution < 1.29 is 0 Å². The lowest BCUT2D eigenvalue weighted by molar-refractivity contribution is 0.258. The second kappa shape index (κ2) is 6.97. The van der Waals surface area contributed by atoms with Gasteiger partial charge in [-0.05, 0) is 36.3 Å². The first-order chi connectivity index (χ1) is 9.68. The summed E-state index contributed by atoms with van der Waals surface area (Å²) in [5.74, 6) is 0. The molecule has 0 spiro atoms. The van der Waals surface area contributed by atoms with Crippen molar-refractivity contribution in [3.05, 3.63) is 36.0 Å². The molecule has 2 aromatic rings. The summed E-state index contributed by atoms with van der Waals surface area (Å²) in [6, 6.07) is 8.68. The van der Waals surface area contributed by atoms with Gasteiger partial charge < -0.3 is 4.98 Å². The molecule has 110 valence electrons. The number of hydrogen-bond donors (Lipinski definition) is 1. The van der Waals surface area contributed by atoms with Crippen LogP contribution in [0.15, 0.2) is 30.5 Å². The maximum absolute atomic E-state index is 3.42. The van der Waals surface area contributed by atoms with Crippen molar-refractivity contribution in [2.45, 2.75) is 65.7 Å². The van der Waals surface area contributed by atoms with Gasteiger partial charge in [-0.1, -0.05) is 64.7 Å². The van der Waals surface area contributed by atoms with Gasteiger partial charge in [-0.25, -0.2) is 0 Å². The average molecular weight is 271 g/mol. The van der Waals surface area contributed by atoms with Gasteiger partial charge in [0.15, 0.2) is 0 Å². The Hall–Kier alpha value is -1.24. The number of rotatable bonds is 8. The van der Waals surface area contributed by atoms with E-state index in [1.54, 1.807) is 0 Å². The van der Waals surface area contributed by atoms with Crippen molar-refractivity contribution in [1.82, 2.24) is 4.98 Å². The first-order valence-corrected chi connectivity index (χ1v) is 8.23. The fourth-order valence-corrected chi connectivity index (χ4v) is 3.44. The van der Waals surface area contributed by atoms with E-state index in [0.717, 1.165) is 0 Å². The van der Waals surface area contributed by atoms with E-state index in [-0.39, 0.29) is 0 Å². The molecule has 2 rings (SSSR count). The first-order valence-electron chi connectivity index (χ1n) is 8.23. The van der Waals surface area contributed by atoms with Crippen molar-refractivity contribution in [2.75, 3.05) is 0 Å². The molecule has 1 heterocycles. The minimum Gasteiger partial charge on any atom is -0.361 e. The highest BCUT2D eigenvalue weighted by Gasteiger charge is 2.24. The maximum Gasteiger partial charge on any atom is 0.0456 e. The quantitative estimate of drug-likeness (QED) is 0.558. The number of aromatic nitrogens is 1. The fraction of sp³-hybridized carbons (Fsp3) is 0.579. The molecule has 0 bridgehead atoms. The molecule has 0 saturated carbocycles. The number of H-pyrrole nitrogens is 1. The Bertz CT molecular complexity index is 525. The predicted octanol–water partition coefficient (Wildman–Crippen LogP) is 6.10. The Labute approximate surface area is 123 Å². The molecule has 0 aliphatic carbocycles.